The first-order valence-corrected chi connectivity index (χ1v) is 9.62. The molecule has 0 saturated carbocycles. The van der Waals surface area contributed by atoms with Crippen molar-refractivity contribution in [2.45, 2.75) is 13.5 Å². The van der Waals surface area contributed by atoms with E-state index in [1.807, 2.05) is 0 Å². The number of carbonyl (C=O) groups is 1. The van der Waals surface area contributed by atoms with Crippen molar-refractivity contribution in [2.75, 3.05) is 7.05 Å². The number of benzene rings is 1. The molecule has 0 atom stereocenters. The van der Waals surface area contributed by atoms with Gasteiger partial charge in [0, 0.05) is 19.2 Å². The van der Waals surface area contributed by atoms with Crippen LogP contribution < -0.4 is 5.56 Å². The van der Waals surface area contributed by atoms with Crippen LogP contribution in [0.15, 0.2) is 40.5 Å². The van der Waals surface area contributed by atoms with E-state index in [9.17, 15) is 19.7 Å². The molecular weight excluding hydrogens is 410 g/mol. The van der Waals surface area contributed by atoms with Crippen LogP contribution in [0.25, 0.3) is 15.9 Å². The average Bonchev–Trinajstić information content (AvgIpc) is 3.34. The largest absolute Gasteiger partial charge is 0.333 e. The van der Waals surface area contributed by atoms with E-state index < -0.39 is 10.8 Å². The Bertz CT molecular complexity index is 1340. The fourth-order valence-electron chi connectivity index (χ4n) is 2.98. The molecule has 0 saturated heterocycles. The van der Waals surface area contributed by atoms with Gasteiger partial charge in [0.2, 0.25) is 0 Å². The van der Waals surface area contributed by atoms with E-state index in [-0.39, 0.29) is 23.5 Å². The van der Waals surface area contributed by atoms with Gasteiger partial charge in [-0.2, -0.15) is 0 Å². The minimum absolute atomic E-state index is 0.0724. The topological polar surface area (TPSA) is 140 Å². The fourth-order valence-corrected chi connectivity index (χ4v) is 3.71. The van der Waals surface area contributed by atoms with Crippen LogP contribution >= 0.6 is 11.3 Å². The monoisotopic (exact) mass is 425 g/mol. The number of carbonyl (C=O) groups excluding carboxylic acids is 1. The Morgan fingerprint density at radius 1 is 1.37 bits per heavy atom. The highest BCUT2D eigenvalue weighted by Gasteiger charge is 2.22. The van der Waals surface area contributed by atoms with Crippen molar-refractivity contribution in [3.05, 3.63) is 73.4 Å². The zero-order chi connectivity index (χ0) is 21.4. The Kier molecular flexibility index (Phi) is 4.83. The Hall–Kier alpha value is -3.93. The first-order valence-electron chi connectivity index (χ1n) is 8.74. The van der Waals surface area contributed by atoms with Crippen molar-refractivity contribution >= 4 is 33.1 Å². The minimum atomic E-state index is -0.506. The van der Waals surface area contributed by atoms with Crippen molar-refractivity contribution in [3.63, 3.8) is 0 Å². The molecule has 0 bridgehead atoms. The number of hydrogen-bond donors (Lipinski definition) is 1. The summed E-state index contributed by atoms with van der Waals surface area (Å²) >= 11 is 1.30. The number of rotatable bonds is 5. The number of nitro groups is 1. The molecule has 30 heavy (non-hydrogen) atoms. The number of fused-ring (bicyclic) bond motifs is 1. The standard InChI is InChI=1S/C18H15N7O4S/c1-10-15(21-22-24(10)11-4-3-5-12(8-11)25(28)29)18(27)23(2)9-14-19-13-6-7-30-16(13)17(26)20-14/h3-8H,9H2,1-2H3,(H,19,20,26). The lowest BCUT2D eigenvalue weighted by Crippen LogP contribution is -2.29. The SMILES string of the molecule is Cc1c(C(=O)N(C)Cc2nc3ccsc3c(=O)[nH]2)nnn1-c1cccc([N+](=O)[O-])c1. The molecule has 1 amide bonds. The minimum Gasteiger partial charge on any atom is -0.333 e. The van der Waals surface area contributed by atoms with Crippen molar-refractivity contribution in [2.24, 2.45) is 0 Å². The molecule has 0 fully saturated rings. The number of aromatic nitrogens is 5. The number of hydrogen-bond acceptors (Lipinski definition) is 8. The lowest BCUT2D eigenvalue weighted by Gasteiger charge is -2.15. The summed E-state index contributed by atoms with van der Waals surface area (Å²) in [4.78, 5) is 43.9. The fraction of sp³-hybridized carbons (Fsp3) is 0.167. The number of H-pyrrole nitrogens is 1. The highest BCUT2D eigenvalue weighted by Crippen LogP contribution is 2.19. The van der Waals surface area contributed by atoms with E-state index in [2.05, 4.69) is 20.3 Å². The van der Waals surface area contributed by atoms with Crippen LogP contribution in [0.3, 0.4) is 0 Å². The van der Waals surface area contributed by atoms with E-state index in [1.54, 1.807) is 31.5 Å². The molecular formula is C18H15N7O4S. The van der Waals surface area contributed by atoms with Crippen molar-refractivity contribution in [1.29, 1.82) is 0 Å². The van der Waals surface area contributed by atoms with E-state index in [1.165, 1.54) is 39.1 Å². The van der Waals surface area contributed by atoms with E-state index in [0.717, 1.165) is 0 Å². The molecule has 3 aromatic heterocycles. The van der Waals surface area contributed by atoms with Crippen LogP contribution in [-0.4, -0.2) is 47.7 Å². The summed E-state index contributed by atoms with van der Waals surface area (Å²) in [5, 5.41) is 20.7. The number of aromatic amines is 1. The molecule has 4 aromatic rings. The smallest absolute Gasteiger partial charge is 0.276 e. The molecule has 3 heterocycles. The van der Waals surface area contributed by atoms with Crippen LogP contribution in [0.4, 0.5) is 5.69 Å². The first-order chi connectivity index (χ1) is 14.3. The molecule has 0 radical (unpaired) electrons. The zero-order valence-electron chi connectivity index (χ0n) is 15.9. The van der Waals surface area contributed by atoms with Gasteiger partial charge < -0.3 is 9.88 Å². The van der Waals surface area contributed by atoms with E-state index in [4.69, 9.17) is 0 Å². The molecule has 152 valence electrons. The van der Waals surface area contributed by atoms with Gasteiger partial charge in [0.1, 0.15) is 10.5 Å². The van der Waals surface area contributed by atoms with Gasteiger partial charge in [-0.15, -0.1) is 16.4 Å². The average molecular weight is 425 g/mol. The summed E-state index contributed by atoms with van der Waals surface area (Å²) in [5.41, 5.74) is 1.19. The lowest BCUT2D eigenvalue weighted by molar-refractivity contribution is -0.384. The summed E-state index contributed by atoms with van der Waals surface area (Å²) in [5.74, 6) is -0.0669. The Balaban J connectivity index is 1.59. The molecule has 11 nitrogen and oxygen atoms in total. The molecule has 0 spiro atoms. The summed E-state index contributed by atoms with van der Waals surface area (Å²) in [6.07, 6.45) is 0. The molecule has 4 rings (SSSR count). The molecule has 0 aliphatic heterocycles. The number of nitrogens with one attached hydrogen (secondary N) is 1. The van der Waals surface area contributed by atoms with Crippen molar-refractivity contribution < 1.29 is 9.72 Å². The molecule has 0 unspecified atom stereocenters. The van der Waals surface area contributed by atoms with Crippen LogP contribution in [0, 0.1) is 17.0 Å². The van der Waals surface area contributed by atoms with Gasteiger partial charge in [-0.1, -0.05) is 11.3 Å². The Morgan fingerprint density at radius 2 is 2.17 bits per heavy atom. The van der Waals surface area contributed by atoms with Crippen molar-refractivity contribution in [1.82, 2.24) is 29.9 Å². The third-order valence-corrected chi connectivity index (χ3v) is 5.38. The van der Waals surface area contributed by atoms with Gasteiger partial charge in [0.05, 0.1) is 28.4 Å². The van der Waals surface area contributed by atoms with Crippen LogP contribution in [0.1, 0.15) is 22.0 Å². The maximum atomic E-state index is 12.9. The summed E-state index contributed by atoms with van der Waals surface area (Å²) in [6.45, 7) is 1.72. The number of thiophene rings is 1. The summed E-state index contributed by atoms with van der Waals surface area (Å²) in [6, 6.07) is 7.63. The van der Waals surface area contributed by atoms with E-state index >= 15 is 0 Å². The summed E-state index contributed by atoms with van der Waals surface area (Å²) in [7, 11) is 1.56. The third kappa shape index (κ3) is 3.43. The predicted octanol–water partition coefficient (Wildman–Crippen LogP) is 2.05. The van der Waals surface area contributed by atoms with Gasteiger partial charge >= 0.3 is 0 Å². The van der Waals surface area contributed by atoms with Gasteiger partial charge in [-0.05, 0) is 24.4 Å². The second-order valence-corrected chi connectivity index (χ2v) is 7.44. The van der Waals surface area contributed by atoms with Gasteiger partial charge in [-0.25, -0.2) is 9.67 Å². The highest BCUT2D eigenvalue weighted by atomic mass is 32.1. The number of nitrogens with zero attached hydrogens (tertiary/aromatic N) is 6. The maximum Gasteiger partial charge on any atom is 0.276 e. The molecule has 1 N–H and O–H groups in total. The predicted molar refractivity (Wildman–Crippen MR) is 109 cm³/mol. The van der Waals surface area contributed by atoms with Crippen LogP contribution in [0.5, 0.6) is 0 Å². The van der Waals surface area contributed by atoms with Crippen LogP contribution in [0.2, 0.25) is 0 Å². The number of non-ortho nitro benzene ring substituents is 1. The quantitative estimate of drug-likeness (QED) is 0.381. The van der Waals surface area contributed by atoms with Crippen LogP contribution in [-0.2, 0) is 6.54 Å². The maximum absolute atomic E-state index is 12.9. The Labute approximate surface area is 172 Å². The molecule has 0 aliphatic carbocycles. The van der Waals surface area contributed by atoms with Gasteiger partial charge in [0.25, 0.3) is 17.2 Å². The number of nitro benzene ring substituents is 1. The second-order valence-electron chi connectivity index (χ2n) is 6.52. The van der Waals surface area contributed by atoms with Gasteiger partial charge in [0.15, 0.2) is 5.69 Å². The third-order valence-electron chi connectivity index (χ3n) is 4.48. The van der Waals surface area contributed by atoms with Gasteiger partial charge in [-0.3, -0.25) is 19.7 Å². The molecule has 0 aliphatic rings. The molecule has 12 heteroatoms. The first kappa shape index (κ1) is 19.4. The second kappa shape index (κ2) is 7.48. The highest BCUT2D eigenvalue weighted by molar-refractivity contribution is 7.17. The number of amides is 1. The van der Waals surface area contributed by atoms with Crippen molar-refractivity contribution in [3.8, 4) is 5.69 Å². The summed E-state index contributed by atoms with van der Waals surface area (Å²) < 4.78 is 1.90. The Morgan fingerprint density at radius 3 is 2.93 bits per heavy atom. The lowest BCUT2D eigenvalue weighted by atomic mass is 10.2. The molecule has 1 aromatic carbocycles. The zero-order valence-corrected chi connectivity index (χ0v) is 16.7. The normalized spacial score (nSPS) is 11.0. The van der Waals surface area contributed by atoms with E-state index in [0.29, 0.717) is 27.4 Å².